The SMILES string of the molecule is O=C(N[C@H]1CCO[C@]2(CCN(Cc3ccccc3)C2)C1)c1ccncc1.O=C(O)C(F)(F)F.O=C(O)C(F)(F)F. The van der Waals surface area contributed by atoms with Crippen molar-refractivity contribution in [2.75, 3.05) is 19.7 Å². The molecule has 3 heterocycles. The van der Waals surface area contributed by atoms with Crippen LogP contribution in [0.25, 0.3) is 0 Å². The van der Waals surface area contributed by atoms with Crippen LogP contribution in [0.4, 0.5) is 26.3 Å². The molecule has 220 valence electrons. The van der Waals surface area contributed by atoms with Gasteiger partial charge in [0, 0.05) is 50.2 Å². The Labute approximate surface area is 224 Å². The number of benzene rings is 1. The van der Waals surface area contributed by atoms with Crippen LogP contribution in [0.1, 0.15) is 35.2 Å². The van der Waals surface area contributed by atoms with Gasteiger partial charge in [-0.2, -0.15) is 26.3 Å². The fraction of sp³-hybridized carbons (Fsp3) is 0.440. The summed E-state index contributed by atoms with van der Waals surface area (Å²) in [6.45, 7) is 3.64. The van der Waals surface area contributed by atoms with Crippen molar-refractivity contribution in [2.24, 2.45) is 0 Å². The number of amides is 1. The lowest BCUT2D eigenvalue weighted by molar-refractivity contribution is -0.193. The summed E-state index contributed by atoms with van der Waals surface area (Å²) >= 11 is 0. The van der Waals surface area contributed by atoms with Crippen LogP contribution in [0.5, 0.6) is 0 Å². The van der Waals surface area contributed by atoms with Crippen LogP contribution in [0.2, 0.25) is 0 Å². The number of rotatable bonds is 4. The maximum Gasteiger partial charge on any atom is 0.490 e. The number of carbonyl (C=O) groups is 3. The van der Waals surface area contributed by atoms with E-state index in [9.17, 15) is 31.1 Å². The van der Waals surface area contributed by atoms with E-state index in [1.165, 1.54) is 5.56 Å². The fourth-order valence-electron chi connectivity index (χ4n) is 4.11. The number of pyridine rings is 1. The maximum absolute atomic E-state index is 12.4. The van der Waals surface area contributed by atoms with Crippen molar-refractivity contribution < 1.29 is 55.7 Å². The van der Waals surface area contributed by atoms with Crippen molar-refractivity contribution >= 4 is 17.8 Å². The number of alkyl halides is 6. The van der Waals surface area contributed by atoms with Gasteiger partial charge in [0.05, 0.1) is 5.60 Å². The summed E-state index contributed by atoms with van der Waals surface area (Å²) in [6.07, 6.45) is -4.08. The largest absolute Gasteiger partial charge is 0.490 e. The zero-order valence-corrected chi connectivity index (χ0v) is 20.9. The second kappa shape index (κ2) is 14.1. The number of ether oxygens (including phenoxy) is 1. The zero-order valence-electron chi connectivity index (χ0n) is 20.9. The molecule has 2 saturated heterocycles. The number of nitrogens with zero attached hydrogens (tertiary/aromatic N) is 2. The summed E-state index contributed by atoms with van der Waals surface area (Å²) in [5.41, 5.74) is 1.88. The highest BCUT2D eigenvalue weighted by Gasteiger charge is 2.43. The number of likely N-dealkylation sites (tertiary alicyclic amines) is 1. The van der Waals surface area contributed by atoms with Crippen molar-refractivity contribution in [3.63, 3.8) is 0 Å². The third-order valence-corrected chi connectivity index (χ3v) is 5.90. The molecule has 3 N–H and O–H groups in total. The van der Waals surface area contributed by atoms with Crippen molar-refractivity contribution in [1.29, 1.82) is 0 Å². The monoisotopic (exact) mass is 579 g/mol. The van der Waals surface area contributed by atoms with Gasteiger partial charge in [0.2, 0.25) is 0 Å². The number of hydrogen-bond donors (Lipinski definition) is 3. The summed E-state index contributed by atoms with van der Waals surface area (Å²) in [7, 11) is 0. The Kier molecular flexibility index (Phi) is 11.4. The van der Waals surface area contributed by atoms with Gasteiger partial charge in [-0.15, -0.1) is 0 Å². The number of hydrogen-bond acceptors (Lipinski definition) is 6. The Morgan fingerprint density at radius 1 is 0.975 bits per heavy atom. The number of aromatic nitrogens is 1. The van der Waals surface area contributed by atoms with Gasteiger partial charge in [-0.1, -0.05) is 30.3 Å². The predicted octanol–water partition coefficient (Wildman–Crippen LogP) is 3.90. The lowest BCUT2D eigenvalue weighted by atomic mass is 9.89. The lowest BCUT2D eigenvalue weighted by Gasteiger charge is -2.38. The molecule has 1 aromatic carbocycles. The highest BCUT2D eigenvalue weighted by molar-refractivity contribution is 5.94. The van der Waals surface area contributed by atoms with Gasteiger partial charge in [0.25, 0.3) is 5.91 Å². The number of aliphatic carboxylic acids is 2. The Bertz CT molecular complexity index is 1090. The van der Waals surface area contributed by atoms with E-state index in [-0.39, 0.29) is 17.6 Å². The molecule has 0 bridgehead atoms. The molecule has 1 amide bonds. The van der Waals surface area contributed by atoms with Crippen LogP contribution >= 0.6 is 0 Å². The molecule has 2 aromatic rings. The van der Waals surface area contributed by atoms with Gasteiger partial charge in [-0.25, -0.2) is 9.59 Å². The molecule has 2 atom stereocenters. The molecule has 0 aliphatic carbocycles. The van der Waals surface area contributed by atoms with Crippen molar-refractivity contribution in [1.82, 2.24) is 15.2 Å². The van der Waals surface area contributed by atoms with Gasteiger partial charge in [0.15, 0.2) is 0 Å². The molecule has 0 saturated carbocycles. The highest BCUT2D eigenvalue weighted by atomic mass is 19.4. The average Bonchev–Trinajstić information content (AvgIpc) is 3.25. The summed E-state index contributed by atoms with van der Waals surface area (Å²) in [5.74, 6) is -5.53. The topological polar surface area (TPSA) is 129 Å². The number of nitrogens with one attached hydrogen (secondary N) is 1. The van der Waals surface area contributed by atoms with Gasteiger partial charge in [-0.3, -0.25) is 14.7 Å². The standard InChI is InChI=1S/C21H25N3O2.2C2HF3O2/c25-20(18-6-10-22-11-7-18)23-19-8-13-26-21(14-19)9-12-24(16-21)15-17-4-2-1-3-5-17;2*3-2(4,5)1(6)7/h1-7,10-11,19H,8-9,12-16H2,(H,23,25);2*(H,6,7)/t19-,21+;;/m0../s1. The molecular formula is C25H27F6N3O6. The summed E-state index contributed by atoms with van der Waals surface area (Å²) in [5, 5.41) is 17.4. The van der Waals surface area contributed by atoms with Crippen molar-refractivity contribution in [3.8, 4) is 0 Å². The fourth-order valence-corrected chi connectivity index (χ4v) is 4.11. The van der Waals surface area contributed by atoms with E-state index >= 15 is 0 Å². The van der Waals surface area contributed by atoms with E-state index in [1.54, 1.807) is 24.5 Å². The second-order valence-corrected chi connectivity index (χ2v) is 8.98. The third-order valence-electron chi connectivity index (χ3n) is 5.90. The van der Waals surface area contributed by atoms with Gasteiger partial charge >= 0.3 is 24.3 Å². The van der Waals surface area contributed by atoms with E-state index in [0.717, 1.165) is 38.9 Å². The number of carbonyl (C=O) groups excluding carboxylic acids is 1. The summed E-state index contributed by atoms with van der Waals surface area (Å²) in [4.78, 5) is 36.7. The molecule has 1 spiro atoms. The highest BCUT2D eigenvalue weighted by Crippen LogP contribution is 2.35. The van der Waals surface area contributed by atoms with Crippen LogP contribution in [0.3, 0.4) is 0 Å². The van der Waals surface area contributed by atoms with Crippen LogP contribution in [0, 0.1) is 0 Å². The van der Waals surface area contributed by atoms with Crippen LogP contribution in [-0.2, 0) is 20.9 Å². The van der Waals surface area contributed by atoms with Gasteiger partial charge in [0.1, 0.15) is 0 Å². The van der Waals surface area contributed by atoms with E-state index in [1.807, 2.05) is 0 Å². The summed E-state index contributed by atoms with van der Waals surface area (Å²) in [6, 6.07) is 14.2. The molecule has 2 aliphatic rings. The molecule has 1 aromatic heterocycles. The summed E-state index contributed by atoms with van der Waals surface area (Å²) < 4.78 is 69.7. The first-order valence-corrected chi connectivity index (χ1v) is 11.8. The Balaban J connectivity index is 0.000000333. The smallest absolute Gasteiger partial charge is 0.475 e. The average molecular weight is 579 g/mol. The molecule has 9 nitrogen and oxygen atoms in total. The van der Waals surface area contributed by atoms with Gasteiger partial charge in [-0.05, 0) is 37.0 Å². The first-order valence-electron chi connectivity index (χ1n) is 11.8. The molecule has 4 rings (SSSR count). The molecular weight excluding hydrogens is 552 g/mol. The van der Waals surface area contributed by atoms with E-state index in [4.69, 9.17) is 24.5 Å². The number of carboxylic acids is 2. The molecule has 0 radical (unpaired) electrons. The molecule has 0 unspecified atom stereocenters. The normalized spacial score (nSPS) is 20.9. The molecule has 40 heavy (non-hydrogen) atoms. The van der Waals surface area contributed by atoms with E-state index < -0.39 is 24.3 Å². The third kappa shape index (κ3) is 10.8. The van der Waals surface area contributed by atoms with Gasteiger partial charge < -0.3 is 20.3 Å². The number of carboxylic acid groups (broad SMARTS) is 2. The quantitative estimate of drug-likeness (QED) is 0.466. The minimum Gasteiger partial charge on any atom is -0.475 e. The van der Waals surface area contributed by atoms with Crippen LogP contribution in [0.15, 0.2) is 54.9 Å². The lowest BCUT2D eigenvalue weighted by Crippen LogP contribution is -2.49. The Morgan fingerprint density at radius 2 is 1.52 bits per heavy atom. The van der Waals surface area contributed by atoms with Crippen molar-refractivity contribution in [3.05, 3.63) is 66.0 Å². The molecule has 2 aliphatic heterocycles. The first-order chi connectivity index (χ1) is 18.6. The predicted molar refractivity (Wildman–Crippen MR) is 127 cm³/mol. The zero-order chi connectivity index (χ0) is 30.0. The Hall–Kier alpha value is -3.72. The minimum absolute atomic E-state index is 0.0198. The Morgan fingerprint density at radius 3 is 2.05 bits per heavy atom. The number of halogens is 6. The minimum atomic E-state index is -5.08. The van der Waals surface area contributed by atoms with Crippen LogP contribution < -0.4 is 5.32 Å². The molecule has 15 heteroatoms. The second-order valence-electron chi connectivity index (χ2n) is 8.98. The van der Waals surface area contributed by atoms with Crippen LogP contribution in [-0.4, -0.2) is 81.6 Å². The van der Waals surface area contributed by atoms with E-state index in [0.29, 0.717) is 12.2 Å². The first kappa shape index (κ1) is 32.5. The maximum atomic E-state index is 12.4. The molecule has 2 fully saturated rings. The van der Waals surface area contributed by atoms with Crippen molar-refractivity contribution in [2.45, 2.75) is 49.8 Å². The van der Waals surface area contributed by atoms with E-state index in [2.05, 4.69) is 45.5 Å².